The van der Waals surface area contributed by atoms with Crippen molar-refractivity contribution in [3.8, 4) is 11.1 Å². The predicted molar refractivity (Wildman–Crippen MR) is 117 cm³/mol. The van der Waals surface area contributed by atoms with Crippen molar-refractivity contribution >= 4 is 18.0 Å². The van der Waals surface area contributed by atoms with E-state index in [1.54, 1.807) is 13.8 Å². The summed E-state index contributed by atoms with van der Waals surface area (Å²) in [6.07, 6.45) is -5.84. The Balaban J connectivity index is 1.70. The maximum Gasteiger partial charge on any atom is 0.419 e. The number of amides is 2. The Morgan fingerprint density at radius 2 is 1.53 bits per heavy atom. The molecule has 0 radical (unpaired) electrons. The number of nitrogens with one attached hydrogen (secondary N) is 2. The van der Waals surface area contributed by atoms with Gasteiger partial charge in [0.05, 0.1) is 0 Å². The second kappa shape index (κ2) is 10.1. The predicted octanol–water partition coefficient (Wildman–Crippen LogP) is 4.07. The normalized spacial score (nSPS) is 15.4. The number of rotatable bonds is 8. The monoisotopic (exact) mass is 478 g/mol. The van der Waals surface area contributed by atoms with Gasteiger partial charge in [-0.1, -0.05) is 68.8 Å². The molecule has 0 bridgehead atoms. The third-order valence-electron chi connectivity index (χ3n) is 5.97. The van der Waals surface area contributed by atoms with Gasteiger partial charge in [0.2, 0.25) is 11.9 Å². The van der Waals surface area contributed by atoms with Crippen LogP contribution in [0.1, 0.15) is 37.3 Å². The lowest BCUT2D eigenvalue weighted by Gasteiger charge is -2.26. The molecule has 3 rings (SSSR count). The second-order valence-corrected chi connectivity index (χ2v) is 8.15. The number of ether oxygens (including phenoxy) is 1. The van der Waals surface area contributed by atoms with E-state index in [0.29, 0.717) is 6.42 Å². The summed E-state index contributed by atoms with van der Waals surface area (Å²) in [5.41, 5.74) is 4.00. The van der Waals surface area contributed by atoms with E-state index in [1.165, 1.54) is 5.32 Å². The van der Waals surface area contributed by atoms with Gasteiger partial charge in [0.25, 0.3) is 0 Å². The highest BCUT2D eigenvalue weighted by Gasteiger charge is 2.47. The van der Waals surface area contributed by atoms with Crippen LogP contribution >= 0.6 is 0 Å². The molecule has 0 saturated carbocycles. The zero-order valence-electron chi connectivity index (χ0n) is 18.6. The number of alkyl carbamates (subject to hydrolysis) is 1. The van der Waals surface area contributed by atoms with Crippen LogP contribution in [0.5, 0.6) is 0 Å². The molecule has 0 saturated heterocycles. The summed E-state index contributed by atoms with van der Waals surface area (Å²) >= 11 is 0. The number of hydrogen-bond donors (Lipinski definition) is 3. The summed E-state index contributed by atoms with van der Waals surface area (Å²) in [6.45, 7) is 3.19. The van der Waals surface area contributed by atoms with Crippen LogP contribution < -0.4 is 10.6 Å². The van der Waals surface area contributed by atoms with E-state index >= 15 is 0 Å². The van der Waals surface area contributed by atoms with Crippen LogP contribution in [0.15, 0.2) is 48.5 Å². The van der Waals surface area contributed by atoms with Crippen molar-refractivity contribution < 1.29 is 37.4 Å². The van der Waals surface area contributed by atoms with Crippen LogP contribution in [0.25, 0.3) is 11.1 Å². The van der Waals surface area contributed by atoms with Crippen LogP contribution in [0.3, 0.4) is 0 Å². The molecule has 0 fully saturated rings. The third kappa shape index (κ3) is 5.32. The minimum atomic E-state index is -5.19. The van der Waals surface area contributed by atoms with Gasteiger partial charge in [-0.15, -0.1) is 0 Å². The molecule has 182 valence electrons. The summed E-state index contributed by atoms with van der Waals surface area (Å²) in [6, 6.07) is 10.9. The first-order chi connectivity index (χ1) is 16.0. The standard InChI is InChI=1S/C24H25F3N2O5/c1-3-13(2)19(21(30)29-20(22(31)32)24(25,26)27)28-23(33)34-12-18-16-10-6-4-8-14(16)15-9-5-7-11-17(15)18/h4-11,13,18-20H,3,12H2,1-2H3,(H,28,33)(H,29,30)(H,31,32)/t13?,19-,20?/m0/s1. The Morgan fingerprint density at radius 1 is 1.00 bits per heavy atom. The van der Waals surface area contributed by atoms with Gasteiger partial charge in [0, 0.05) is 5.92 Å². The first kappa shape index (κ1) is 25.1. The molecule has 34 heavy (non-hydrogen) atoms. The largest absolute Gasteiger partial charge is 0.479 e. The lowest BCUT2D eigenvalue weighted by Crippen LogP contribution is -2.58. The number of carbonyl (C=O) groups is 3. The highest BCUT2D eigenvalue weighted by molar-refractivity contribution is 5.90. The minimum Gasteiger partial charge on any atom is -0.479 e. The van der Waals surface area contributed by atoms with Gasteiger partial charge in [-0.2, -0.15) is 13.2 Å². The van der Waals surface area contributed by atoms with Crippen molar-refractivity contribution in [1.82, 2.24) is 10.6 Å². The fourth-order valence-electron chi connectivity index (χ4n) is 3.98. The van der Waals surface area contributed by atoms with Crippen LogP contribution in [-0.4, -0.2) is 47.9 Å². The van der Waals surface area contributed by atoms with E-state index in [1.807, 2.05) is 48.5 Å². The molecule has 0 spiro atoms. The molecule has 7 nitrogen and oxygen atoms in total. The van der Waals surface area contributed by atoms with Crippen LogP contribution in [0.2, 0.25) is 0 Å². The van der Waals surface area contributed by atoms with Gasteiger partial charge in [-0.05, 0) is 28.2 Å². The highest BCUT2D eigenvalue weighted by atomic mass is 19.4. The Morgan fingerprint density at radius 3 is 2.00 bits per heavy atom. The first-order valence-electron chi connectivity index (χ1n) is 10.8. The summed E-state index contributed by atoms with van der Waals surface area (Å²) in [5.74, 6) is -4.32. The van der Waals surface area contributed by atoms with Crippen LogP contribution in [0, 0.1) is 5.92 Å². The fourth-order valence-corrected chi connectivity index (χ4v) is 3.98. The lowest BCUT2D eigenvalue weighted by molar-refractivity contribution is -0.182. The van der Waals surface area contributed by atoms with Gasteiger partial charge in [0.1, 0.15) is 12.6 Å². The lowest BCUT2D eigenvalue weighted by atomic mass is 9.98. The third-order valence-corrected chi connectivity index (χ3v) is 5.97. The molecule has 2 unspecified atom stereocenters. The minimum absolute atomic E-state index is 0.0466. The number of alkyl halides is 3. The van der Waals surface area contributed by atoms with Crippen molar-refractivity contribution in [2.45, 2.75) is 44.4 Å². The van der Waals surface area contributed by atoms with E-state index in [2.05, 4.69) is 5.32 Å². The molecular weight excluding hydrogens is 453 g/mol. The molecule has 0 aromatic heterocycles. The zero-order chi connectivity index (χ0) is 25.0. The van der Waals surface area contributed by atoms with Crippen molar-refractivity contribution in [2.24, 2.45) is 5.92 Å². The SMILES string of the molecule is CCC(C)[C@H](NC(=O)OCC1c2ccccc2-c2ccccc21)C(=O)NC(C(=O)O)C(F)(F)F. The Bertz CT molecular complexity index is 1030. The number of aliphatic carboxylic acids is 1. The molecule has 3 atom stereocenters. The van der Waals surface area contributed by atoms with Gasteiger partial charge in [-0.25, -0.2) is 9.59 Å². The van der Waals surface area contributed by atoms with Crippen LogP contribution in [0.4, 0.5) is 18.0 Å². The summed E-state index contributed by atoms with van der Waals surface area (Å²) in [4.78, 5) is 36.0. The van der Waals surface area contributed by atoms with Crippen molar-refractivity contribution in [3.05, 3.63) is 59.7 Å². The number of halogens is 3. The maximum atomic E-state index is 13.0. The summed E-state index contributed by atoms with van der Waals surface area (Å²) < 4.78 is 44.3. The van der Waals surface area contributed by atoms with Gasteiger partial charge in [-0.3, -0.25) is 4.79 Å². The number of benzene rings is 2. The first-order valence-corrected chi connectivity index (χ1v) is 10.8. The van der Waals surface area contributed by atoms with Crippen molar-refractivity contribution in [2.75, 3.05) is 6.61 Å². The molecule has 10 heteroatoms. The average molecular weight is 478 g/mol. The van der Waals surface area contributed by atoms with E-state index < -0.39 is 42.1 Å². The van der Waals surface area contributed by atoms with Gasteiger partial charge < -0.3 is 20.5 Å². The van der Waals surface area contributed by atoms with Crippen molar-refractivity contribution in [1.29, 1.82) is 0 Å². The quantitative estimate of drug-likeness (QED) is 0.531. The molecule has 3 N–H and O–H groups in total. The average Bonchev–Trinajstić information content (AvgIpc) is 3.11. The molecule has 0 heterocycles. The topological polar surface area (TPSA) is 105 Å². The molecule has 1 aliphatic rings. The Labute approximate surface area is 194 Å². The molecule has 0 aliphatic heterocycles. The molecule has 2 aromatic rings. The molecular formula is C24H25F3N2O5. The van der Waals surface area contributed by atoms with Crippen molar-refractivity contribution in [3.63, 3.8) is 0 Å². The van der Waals surface area contributed by atoms with Gasteiger partial charge in [0.15, 0.2) is 0 Å². The Kier molecular flexibility index (Phi) is 7.48. The highest BCUT2D eigenvalue weighted by Crippen LogP contribution is 2.44. The summed E-state index contributed by atoms with van der Waals surface area (Å²) in [5, 5.41) is 12.6. The number of hydrogen-bond acceptors (Lipinski definition) is 4. The fraction of sp³-hybridized carbons (Fsp3) is 0.375. The van der Waals surface area contributed by atoms with E-state index in [4.69, 9.17) is 9.84 Å². The number of carboxylic acid groups (broad SMARTS) is 1. The van der Waals surface area contributed by atoms with Gasteiger partial charge >= 0.3 is 18.2 Å². The van der Waals surface area contributed by atoms with E-state index in [9.17, 15) is 27.6 Å². The molecule has 2 aromatic carbocycles. The number of carbonyl (C=O) groups excluding carboxylic acids is 2. The Hall–Kier alpha value is -3.56. The van der Waals surface area contributed by atoms with E-state index in [-0.39, 0.29) is 12.5 Å². The van der Waals surface area contributed by atoms with E-state index in [0.717, 1.165) is 22.3 Å². The zero-order valence-corrected chi connectivity index (χ0v) is 18.6. The molecule has 1 aliphatic carbocycles. The maximum absolute atomic E-state index is 13.0. The summed E-state index contributed by atoms with van der Waals surface area (Å²) in [7, 11) is 0. The van der Waals surface area contributed by atoms with Crippen LogP contribution in [-0.2, 0) is 14.3 Å². The second-order valence-electron chi connectivity index (χ2n) is 8.15. The number of fused-ring (bicyclic) bond motifs is 3. The number of carboxylic acids is 1. The molecule has 2 amide bonds. The smallest absolute Gasteiger partial charge is 0.419 e.